The van der Waals surface area contributed by atoms with Crippen molar-refractivity contribution in [2.45, 2.75) is 47.5 Å². The molecule has 1 aromatic heterocycles. The minimum absolute atomic E-state index is 0.467. The lowest BCUT2D eigenvalue weighted by Gasteiger charge is -2.17. The van der Waals surface area contributed by atoms with Crippen LogP contribution in [0.2, 0.25) is 0 Å². The van der Waals surface area contributed by atoms with Crippen molar-refractivity contribution in [1.82, 2.24) is 9.78 Å². The summed E-state index contributed by atoms with van der Waals surface area (Å²) in [5.41, 5.74) is 6.62. The third-order valence-electron chi connectivity index (χ3n) is 3.87. The van der Waals surface area contributed by atoms with Gasteiger partial charge in [0.2, 0.25) is 0 Å². The lowest BCUT2D eigenvalue weighted by molar-refractivity contribution is 0.838. The zero-order valence-electron chi connectivity index (χ0n) is 14.0. The maximum atomic E-state index is 4.73. The first-order chi connectivity index (χ1) is 9.90. The average Bonchev–Trinajstić information content (AvgIpc) is 2.73. The molecule has 1 aliphatic rings. The fourth-order valence-corrected chi connectivity index (χ4v) is 2.93. The molecule has 0 bridgehead atoms. The van der Waals surface area contributed by atoms with E-state index in [1.54, 1.807) is 7.05 Å². The molecule has 0 radical (unpaired) electrons. The molecule has 0 fully saturated rings. The summed E-state index contributed by atoms with van der Waals surface area (Å²) in [5, 5.41) is 4.73. The average molecular weight is 284 g/mol. The molecule has 0 aliphatic carbocycles. The van der Waals surface area contributed by atoms with E-state index in [9.17, 15) is 0 Å². The molecule has 0 spiro atoms. The van der Waals surface area contributed by atoms with Crippen LogP contribution in [0, 0.1) is 13.8 Å². The smallest absolute Gasteiger partial charge is 0.154 e. The quantitative estimate of drug-likeness (QED) is 0.811. The molecule has 0 N–H and O–H groups in total. The second-order valence-corrected chi connectivity index (χ2v) is 5.67. The molecule has 4 nitrogen and oxygen atoms in total. The molecular formula is C17H24N4. The lowest BCUT2D eigenvalue weighted by Crippen LogP contribution is -2.17. The van der Waals surface area contributed by atoms with Gasteiger partial charge in [-0.2, -0.15) is 5.10 Å². The highest BCUT2D eigenvalue weighted by atomic mass is 15.3. The van der Waals surface area contributed by atoms with E-state index in [0.717, 1.165) is 28.5 Å². The minimum atomic E-state index is 0.467. The normalized spacial score (nSPS) is 19.4. The number of amidine groups is 1. The molecule has 0 saturated heterocycles. The Kier molecular flexibility index (Phi) is 4.26. The molecule has 21 heavy (non-hydrogen) atoms. The number of aryl methyl sites for hydroxylation is 1. The molecule has 0 unspecified atom stereocenters. The van der Waals surface area contributed by atoms with Crippen molar-refractivity contribution >= 4 is 17.2 Å². The van der Waals surface area contributed by atoms with Crippen LogP contribution < -0.4 is 0 Å². The van der Waals surface area contributed by atoms with Crippen LogP contribution >= 0.6 is 0 Å². The number of rotatable bonds is 2. The standard InChI is InChI=1S/C17H24N4/c1-8-14-9-15(11(4)19-17(14)18-7)21-13(6)16(10(2)3)12(5)20-21/h8-10H,1-7H3/b14-8-,18-17?. The van der Waals surface area contributed by atoms with Gasteiger partial charge in [0.05, 0.1) is 17.1 Å². The van der Waals surface area contributed by atoms with Crippen molar-refractivity contribution < 1.29 is 0 Å². The third kappa shape index (κ3) is 2.62. The summed E-state index contributed by atoms with van der Waals surface area (Å²) in [6, 6.07) is 0. The fourth-order valence-electron chi connectivity index (χ4n) is 2.93. The first kappa shape index (κ1) is 15.4. The van der Waals surface area contributed by atoms with Gasteiger partial charge in [-0.25, -0.2) is 9.67 Å². The van der Waals surface area contributed by atoms with Crippen molar-refractivity contribution in [3.8, 4) is 0 Å². The van der Waals surface area contributed by atoms with E-state index in [2.05, 4.69) is 43.8 Å². The van der Waals surface area contributed by atoms with Gasteiger partial charge in [-0.15, -0.1) is 0 Å². The summed E-state index contributed by atoms with van der Waals surface area (Å²) in [6.45, 7) is 12.6. The third-order valence-corrected chi connectivity index (χ3v) is 3.87. The molecule has 0 amide bonds. The van der Waals surface area contributed by atoms with Crippen LogP contribution in [0.15, 0.2) is 27.7 Å². The Morgan fingerprint density at radius 2 is 1.90 bits per heavy atom. The van der Waals surface area contributed by atoms with E-state index in [-0.39, 0.29) is 0 Å². The summed E-state index contributed by atoms with van der Waals surface area (Å²) in [5.74, 6) is 1.25. The van der Waals surface area contributed by atoms with Crippen molar-refractivity contribution in [3.05, 3.63) is 34.7 Å². The van der Waals surface area contributed by atoms with E-state index < -0.39 is 0 Å². The Hall–Kier alpha value is -1.97. The molecule has 112 valence electrons. The Morgan fingerprint density at radius 1 is 1.24 bits per heavy atom. The Labute approximate surface area is 127 Å². The van der Waals surface area contributed by atoms with Gasteiger partial charge < -0.3 is 0 Å². The zero-order valence-corrected chi connectivity index (χ0v) is 14.0. The van der Waals surface area contributed by atoms with Gasteiger partial charge in [-0.05, 0) is 45.3 Å². The van der Waals surface area contributed by atoms with Crippen LogP contribution in [-0.2, 0) is 0 Å². The number of dihydropyridines is 1. The minimum Gasteiger partial charge on any atom is -0.270 e. The van der Waals surface area contributed by atoms with E-state index in [0.29, 0.717) is 5.92 Å². The van der Waals surface area contributed by atoms with E-state index in [1.165, 1.54) is 11.3 Å². The fraction of sp³-hybridized carbons (Fsp3) is 0.471. The van der Waals surface area contributed by atoms with Crippen LogP contribution in [0.1, 0.15) is 50.6 Å². The van der Waals surface area contributed by atoms with Crippen molar-refractivity contribution in [2.24, 2.45) is 9.98 Å². The van der Waals surface area contributed by atoms with E-state index in [4.69, 9.17) is 5.10 Å². The van der Waals surface area contributed by atoms with Gasteiger partial charge in [0.25, 0.3) is 0 Å². The highest BCUT2D eigenvalue weighted by Crippen LogP contribution is 2.27. The Balaban J connectivity index is 2.60. The second kappa shape index (κ2) is 5.80. The van der Waals surface area contributed by atoms with Gasteiger partial charge in [-0.1, -0.05) is 19.9 Å². The molecule has 0 atom stereocenters. The van der Waals surface area contributed by atoms with Crippen molar-refractivity contribution in [1.29, 1.82) is 0 Å². The summed E-state index contributed by atoms with van der Waals surface area (Å²) in [6.07, 6.45) is 4.15. The van der Waals surface area contributed by atoms with Crippen molar-refractivity contribution in [2.75, 3.05) is 7.05 Å². The van der Waals surface area contributed by atoms with Crippen LogP contribution in [0.25, 0.3) is 5.70 Å². The van der Waals surface area contributed by atoms with Crippen LogP contribution in [-0.4, -0.2) is 28.4 Å². The summed E-state index contributed by atoms with van der Waals surface area (Å²) in [4.78, 5) is 8.84. The number of nitrogens with zero attached hydrogens (tertiary/aromatic N) is 4. The van der Waals surface area contributed by atoms with E-state index >= 15 is 0 Å². The number of hydrogen-bond acceptors (Lipinski definition) is 2. The predicted octanol–water partition coefficient (Wildman–Crippen LogP) is 3.91. The molecular weight excluding hydrogens is 260 g/mol. The number of hydrogen-bond donors (Lipinski definition) is 0. The second-order valence-electron chi connectivity index (χ2n) is 5.67. The van der Waals surface area contributed by atoms with Crippen LogP contribution in [0.4, 0.5) is 0 Å². The zero-order chi connectivity index (χ0) is 15.7. The molecule has 2 rings (SSSR count). The molecule has 2 heterocycles. The van der Waals surface area contributed by atoms with Crippen molar-refractivity contribution in [3.63, 3.8) is 0 Å². The molecule has 1 aliphatic heterocycles. The van der Waals surface area contributed by atoms with Gasteiger partial charge >= 0.3 is 0 Å². The van der Waals surface area contributed by atoms with Crippen LogP contribution in [0.5, 0.6) is 0 Å². The van der Waals surface area contributed by atoms with E-state index in [1.807, 2.05) is 24.6 Å². The number of aliphatic imine (C=N–C) groups is 2. The number of aromatic nitrogens is 2. The largest absolute Gasteiger partial charge is 0.270 e. The van der Waals surface area contributed by atoms with Crippen LogP contribution in [0.3, 0.4) is 0 Å². The Bertz CT molecular complexity index is 682. The Morgan fingerprint density at radius 3 is 2.38 bits per heavy atom. The SMILES string of the molecule is C/C=C1/C=C(n2nc(C)c(C(C)C)c2C)C(C)=NC1=NC. The summed E-state index contributed by atoms with van der Waals surface area (Å²) in [7, 11) is 1.77. The first-order valence-electron chi connectivity index (χ1n) is 7.38. The number of allylic oxidation sites excluding steroid dienone is 2. The molecule has 1 aromatic rings. The summed E-state index contributed by atoms with van der Waals surface area (Å²) >= 11 is 0. The molecule has 4 heteroatoms. The summed E-state index contributed by atoms with van der Waals surface area (Å²) < 4.78 is 2.01. The highest BCUT2D eigenvalue weighted by molar-refractivity contribution is 6.27. The monoisotopic (exact) mass is 284 g/mol. The predicted molar refractivity (Wildman–Crippen MR) is 90.3 cm³/mol. The van der Waals surface area contributed by atoms with Gasteiger partial charge in [0, 0.05) is 18.3 Å². The molecule has 0 saturated carbocycles. The van der Waals surface area contributed by atoms with Gasteiger partial charge in [0.1, 0.15) is 0 Å². The maximum absolute atomic E-state index is 4.73. The van der Waals surface area contributed by atoms with Gasteiger partial charge in [0.15, 0.2) is 5.84 Å². The van der Waals surface area contributed by atoms with Gasteiger partial charge in [-0.3, -0.25) is 4.99 Å². The topological polar surface area (TPSA) is 42.5 Å². The highest BCUT2D eigenvalue weighted by Gasteiger charge is 2.21. The molecule has 0 aromatic carbocycles. The lowest BCUT2D eigenvalue weighted by atomic mass is 10.0. The maximum Gasteiger partial charge on any atom is 0.154 e. The first-order valence-corrected chi connectivity index (χ1v) is 7.38.